The Balaban J connectivity index is 2.17. The number of rotatable bonds is 1. The zero-order chi connectivity index (χ0) is 13.6. The molecule has 0 radical (unpaired) electrons. The molecule has 1 aliphatic rings. The first-order valence-electron chi connectivity index (χ1n) is 6.74. The second kappa shape index (κ2) is 4.72. The maximum absolute atomic E-state index is 12.6. The van der Waals surface area contributed by atoms with Crippen molar-refractivity contribution in [3.8, 4) is 0 Å². The monoisotopic (exact) mass is 278 g/mol. The minimum absolute atomic E-state index is 0.00204. The van der Waals surface area contributed by atoms with E-state index in [0.29, 0.717) is 0 Å². The molecule has 2 aromatic heterocycles. The van der Waals surface area contributed by atoms with Crippen LogP contribution >= 0.6 is 11.3 Å². The molecule has 0 bridgehead atoms. The zero-order valence-electron chi connectivity index (χ0n) is 11.2. The van der Waals surface area contributed by atoms with Crippen molar-refractivity contribution in [2.75, 3.05) is 0 Å². The fourth-order valence-corrected chi connectivity index (χ4v) is 3.89. The first-order chi connectivity index (χ1) is 9.09. The molecule has 0 aromatic carbocycles. The predicted octanol–water partition coefficient (Wildman–Crippen LogP) is 2.55. The van der Waals surface area contributed by atoms with E-state index in [-0.39, 0.29) is 11.6 Å². The van der Waals surface area contributed by atoms with Crippen molar-refractivity contribution in [3.05, 3.63) is 27.1 Å². The molecule has 0 amide bonds. The van der Waals surface area contributed by atoms with E-state index >= 15 is 0 Å². The lowest BCUT2D eigenvalue weighted by Crippen LogP contribution is -2.34. The van der Waals surface area contributed by atoms with Crippen molar-refractivity contribution in [2.24, 2.45) is 0 Å². The summed E-state index contributed by atoms with van der Waals surface area (Å²) >= 11 is 1.56. The number of aryl methyl sites for hydroxylation is 2. The van der Waals surface area contributed by atoms with Gasteiger partial charge in [-0.25, -0.2) is 4.98 Å². The third-order valence-corrected chi connectivity index (χ3v) is 5.28. The van der Waals surface area contributed by atoms with Crippen LogP contribution in [0.3, 0.4) is 0 Å². The summed E-state index contributed by atoms with van der Waals surface area (Å²) in [7, 11) is 0. The van der Waals surface area contributed by atoms with Gasteiger partial charge in [-0.15, -0.1) is 11.3 Å². The van der Waals surface area contributed by atoms with Gasteiger partial charge in [0.25, 0.3) is 5.56 Å². The van der Waals surface area contributed by atoms with Crippen LogP contribution in [0.4, 0.5) is 0 Å². The fourth-order valence-electron chi connectivity index (χ4n) is 2.90. The standard InChI is InChI=1S/C14H18N2O2S/c1-8-9(2)19-13-12(8)14(18)16(7-15-13)10-5-3-4-6-11(10)17/h7,10-11,17H,3-6H2,1-2H3/t10-,11-/m0/s1. The van der Waals surface area contributed by atoms with Crippen molar-refractivity contribution < 1.29 is 5.11 Å². The van der Waals surface area contributed by atoms with E-state index in [9.17, 15) is 9.90 Å². The topological polar surface area (TPSA) is 55.1 Å². The van der Waals surface area contributed by atoms with Gasteiger partial charge in [0, 0.05) is 4.88 Å². The Morgan fingerprint density at radius 2 is 2.11 bits per heavy atom. The minimum atomic E-state index is -0.425. The predicted molar refractivity (Wildman–Crippen MR) is 76.9 cm³/mol. The molecule has 2 heterocycles. The Morgan fingerprint density at radius 3 is 2.84 bits per heavy atom. The smallest absolute Gasteiger partial charge is 0.262 e. The van der Waals surface area contributed by atoms with Gasteiger partial charge in [0.2, 0.25) is 0 Å². The first-order valence-corrected chi connectivity index (χ1v) is 7.56. The summed E-state index contributed by atoms with van der Waals surface area (Å²) in [5.41, 5.74) is 1.02. The largest absolute Gasteiger partial charge is 0.391 e. The third kappa shape index (κ3) is 2.01. The average molecular weight is 278 g/mol. The van der Waals surface area contributed by atoms with Crippen molar-refractivity contribution in [3.63, 3.8) is 0 Å². The van der Waals surface area contributed by atoms with E-state index in [1.165, 1.54) is 0 Å². The van der Waals surface area contributed by atoms with Gasteiger partial charge in [-0.3, -0.25) is 9.36 Å². The summed E-state index contributed by atoms with van der Waals surface area (Å²) in [5.74, 6) is 0. The van der Waals surface area contributed by atoms with Gasteiger partial charge >= 0.3 is 0 Å². The molecule has 4 nitrogen and oxygen atoms in total. The molecule has 0 unspecified atom stereocenters. The van der Waals surface area contributed by atoms with E-state index in [2.05, 4.69) is 4.98 Å². The lowest BCUT2D eigenvalue weighted by molar-refractivity contribution is 0.0735. The Bertz CT molecular complexity index is 674. The van der Waals surface area contributed by atoms with Crippen LogP contribution in [0.2, 0.25) is 0 Å². The zero-order valence-corrected chi connectivity index (χ0v) is 12.0. The molecule has 5 heteroatoms. The first kappa shape index (κ1) is 12.8. The number of thiophene rings is 1. The quantitative estimate of drug-likeness (QED) is 0.872. The molecule has 0 aliphatic heterocycles. The average Bonchev–Trinajstić information content (AvgIpc) is 2.68. The molecule has 0 spiro atoms. The summed E-state index contributed by atoms with van der Waals surface area (Å²) in [6.45, 7) is 3.99. The van der Waals surface area contributed by atoms with Gasteiger partial charge in [-0.2, -0.15) is 0 Å². The number of fused-ring (bicyclic) bond motifs is 1. The van der Waals surface area contributed by atoms with Crippen molar-refractivity contribution >= 4 is 21.6 Å². The highest BCUT2D eigenvalue weighted by molar-refractivity contribution is 7.18. The van der Waals surface area contributed by atoms with Crippen molar-refractivity contribution in [1.29, 1.82) is 0 Å². The van der Waals surface area contributed by atoms with Gasteiger partial charge in [-0.1, -0.05) is 12.8 Å². The van der Waals surface area contributed by atoms with Gasteiger partial charge < -0.3 is 5.11 Å². The second-order valence-corrected chi connectivity index (χ2v) is 6.54. The highest BCUT2D eigenvalue weighted by atomic mass is 32.1. The number of aliphatic hydroxyl groups excluding tert-OH is 1. The molecule has 2 aromatic rings. The van der Waals surface area contributed by atoms with E-state index in [0.717, 1.165) is 46.3 Å². The Labute approximate surface area is 115 Å². The maximum Gasteiger partial charge on any atom is 0.262 e. The van der Waals surface area contributed by atoms with Crippen molar-refractivity contribution in [2.45, 2.75) is 51.7 Å². The lowest BCUT2D eigenvalue weighted by Gasteiger charge is -2.28. The SMILES string of the molecule is Cc1sc2ncn([C@H]3CCCC[C@@H]3O)c(=O)c2c1C. The van der Waals surface area contributed by atoms with Crippen LogP contribution in [0.15, 0.2) is 11.1 Å². The molecule has 3 rings (SSSR count). The van der Waals surface area contributed by atoms with Crippen molar-refractivity contribution in [1.82, 2.24) is 9.55 Å². The van der Waals surface area contributed by atoms with Crippen LogP contribution in [0, 0.1) is 13.8 Å². The fraction of sp³-hybridized carbons (Fsp3) is 0.571. The second-order valence-electron chi connectivity index (χ2n) is 5.34. The summed E-state index contributed by atoms with van der Waals surface area (Å²) < 4.78 is 1.64. The van der Waals surface area contributed by atoms with E-state index in [1.807, 2.05) is 13.8 Å². The molecule has 102 valence electrons. The molecule has 2 atom stereocenters. The van der Waals surface area contributed by atoms with Crippen LogP contribution in [0.25, 0.3) is 10.2 Å². The number of nitrogens with zero attached hydrogens (tertiary/aromatic N) is 2. The third-order valence-electron chi connectivity index (χ3n) is 4.17. The Morgan fingerprint density at radius 1 is 1.37 bits per heavy atom. The summed E-state index contributed by atoms with van der Waals surface area (Å²) in [4.78, 5) is 19.0. The molecular formula is C14H18N2O2S. The maximum atomic E-state index is 12.6. The number of hydrogen-bond acceptors (Lipinski definition) is 4. The molecule has 1 saturated carbocycles. The summed E-state index contributed by atoms with van der Waals surface area (Å²) in [6, 6.07) is -0.113. The number of hydrogen-bond donors (Lipinski definition) is 1. The van der Waals surface area contributed by atoms with Crippen LogP contribution in [0.5, 0.6) is 0 Å². The molecule has 0 saturated heterocycles. The van der Waals surface area contributed by atoms with Gasteiger partial charge in [0.05, 0.1) is 23.9 Å². The van der Waals surface area contributed by atoms with E-state index in [4.69, 9.17) is 0 Å². The molecule has 19 heavy (non-hydrogen) atoms. The number of aromatic nitrogens is 2. The van der Waals surface area contributed by atoms with Gasteiger partial charge in [0.1, 0.15) is 4.83 Å². The molecular weight excluding hydrogens is 260 g/mol. The van der Waals surface area contributed by atoms with Crippen LogP contribution in [-0.2, 0) is 0 Å². The van der Waals surface area contributed by atoms with Crippen LogP contribution in [0.1, 0.15) is 42.2 Å². The van der Waals surface area contributed by atoms with Crippen LogP contribution < -0.4 is 5.56 Å². The summed E-state index contributed by atoms with van der Waals surface area (Å²) in [6.07, 6.45) is 4.92. The van der Waals surface area contributed by atoms with Crippen LogP contribution in [-0.4, -0.2) is 20.8 Å². The van der Waals surface area contributed by atoms with E-state index < -0.39 is 6.10 Å². The molecule has 1 aliphatic carbocycles. The summed E-state index contributed by atoms with van der Waals surface area (Å²) in [5, 5.41) is 10.8. The minimum Gasteiger partial charge on any atom is -0.391 e. The van der Waals surface area contributed by atoms with E-state index in [1.54, 1.807) is 22.2 Å². The highest BCUT2D eigenvalue weighted by Crippen LogP contribution is 2.30. The number of aliphatic hydroxyl groups is 1. The molecule has 1 fully saturated rings. The molecule has 1 N–H and O–H groups in total. The Kier molecular flexibility index (Phi) is 3.19. The normalized spacial score (nSPS) is 23.9. The van der Waals surface area contributed by atoms with Gasteiger partial charge in [0.15, 0.2) is 0 Å². The highest BCUT2D eigenvalue weighted by Gasteiger charge is 2.26. The Hall–Kier alpha value is -1.20. The lowest BCUT2D eigenvalue weighted by atomic mass is 9.92. The van der Waals surface area contributed by atoms with Gasteiger partial charge in [-0.05, 0) is 32.3 Å².